The molecule has 4 nitrogen and oxygen atoms in total. The minimum Gasteiger partial charge on any atom is -0.465 e. The maximum absolute atomic E-state index is 14.4. The Balaban J connectivity index is 2.47. The Morgan fingerprint density at radius 2 is 2.30 bits per heavy atom. The summed E-state index contributed by atoms with van der Waals surface area (Å²) in [7, 11) is 1.18. The van der Waals surface area contributed by atoms with Crippen molar-refractivity contribution < 1.29 is 18.7 Å². The maximum atomic E-state index is 14.4. The molecular weight excluding hydrogens is 329 g/mol. The number of halogens is 2. The molecule has 0 spiro atoms. The summed E-state index contributed by atoms with van der Waals surface area (Å²) >= 11 is 3.21. The summed E-state index contributed by atoms with van der Waals surface area (Å²) in [6, 6.07) is 2.81. The highest BCUT2D eigenvalue weighted by atomic mass is 79.9. The predicted octanol–water partition coefficient (Wildman–Crippen LogP) is 2.91. The molecule has 0 aromatic heterocycles. The summed E-state index contributed by atoms with van der Waals surface area (Å²) < 4.78 is 19.4. The van der Waals surface area contributed by atoms with Gasteiger partial charge in [0.25, 0.3) is 0 Å². The van der Waals surface area contributed by atoms with Crippen LogP contribution in [0.3, 0.4) is 0 Å². The predicted molar refractivity (Wildman–Crippen MR) is 76.1 cm³/mol. The number of carbonyl (C=O) groups is 2. The number of rotatable bonds is 3. The molecule has 0 N–H and O–H groups in total. The Bertz CT molecular complexity index is 588. The van der Waals surface area contributed by atoms with Gasteiger partial charge in [-0.25, -0.2) is 9.18 Å². The molecule has 1 heterocycles. The number of amides is 1. The Hall–Kier alpha value is -1.69. The number of benzene rings is 1. The molecule has 1 atom stereocenters. The first-order valence-electron chi connectivity index (χ1n) is 5.98. The molecule has 0 aliphatic carbocycles. The summed E-state index contributed by atoms with van der Waals surface area (Å²) in [6.45, 7) is 4.01. The number of methoxy groups -OCH3 is 1. The van der Waals surface area contributed by atoms with Crippen molar-refractivity contribution in [3.05, 3.63) is 40.6 Å². The van der Waals surface area contributed by atoms with E-state index in [-0.39, 0.29) is 23.1 Å². The number of ether oxygens (including phenoxy) is 1. The molecule has 6 heteroatoms. The lowest BCUT2D eigenvalue weighted by atomic mass is 10.1. The first kappa shape index (κ1) is 14.7. The van der Waals surface area contributed by atoms with Crippen molar-refractivity contribution in [1.82, 2.24) is 0 Å². The number of hydrogen-bond acceptors (Lipinski definition) is 3. The quantitative estimate of drug-likeness (QED) is 0.627. The number of esters is 1. The molecule has 0 saturated carbocycles. The molecule has 20 heavy (non-hydrogen) atoms. The Kier molecular flexibility index (Phi) is 4.23. The van der Waals surface area contributed by atoms with Crippen LogP contribution in [0.2, 0.25) is 0 Å². The van der Waals surface area contributed by atoms with E-state index in [0.717, 1.165) is 0 Å². The van der Waals surface area contributed by atoms with Gasteiger partial charge in [-0.05, 0) is 12.1 Å². The molecule has 106 valence electrons. The van der Waals surface area contributed by atoms with E-state index in [1.54, 1.807) is 6.08 Å². The van der Waals surface area contributed by atoms with Gasteiger partial charge >= 0.3 is 5.97 Å². The second-order valence-electron chi connectivity index (χ2n) is 4.48. The molecule has 1 aliphatic heterocycles. The smallest absolute Gasteiger partial charge is 0.340 e. The minimum atomic E-state index is -0.781. The zero-order valence-electron chi connectivity index (χ0n) is 10.9. The molecule has 1 unspecified atom stereocenters. The Morgan fingerprint density at radius 3 is 2.85 bits per heavy atom. The van der Waals surface area contributed by atoms with Crippen molar-refractivity contribution in [2.24, 2.45) is 5.92 Å². The fourth-order valence-electron chi connectivity index (χ4n) is 2.16. The van der Waals surface area contributed by atoms with Crippen LogP contribution in [0.4, 0.5) is 10.1 Å². The lowest BCUT2D eigenvalue weighted by molar-refractivity contribution is -0.117. The third kappa shape index (κ3) is 2.60. The number of carbonyl (C=O) groups excluding carboxylic acids is 2. The molecule has 0 bridgehead atoms. The molecule has 1 aromatic rings. The second kappa shape index (κ2) is 5.75. The van der Waals surface area contributed by atoms with E-state index >= 15 is 0 Å². The van der Waals surface area contributed by atoms with Gasteiger partial charge in [0.15, 0.2) is 5.82 Å². The van der Waals surface area contributed by atoms with E-state index in [0.29, 0.717) is 17.4 Å². The van der Waals surface area contributed by atoms with E-state index in [1.165, 1.54) is 24.1 Å². The van der Waals surface area contributed by atoms with Crippen LogP contribution in [-0.2, 0) is 9.53 Å². The summed E-state index contributed by atoms with van der Waals surface area (Å²) in [5.41, 5.74) is -0.124. The van der Waals surface area contributed by atoms with Gasteiger partial charge in [0, 0.05) is 23.4 Å². The zero-order valence-corrected chi connectivity index (χ0v) is 12.4. The van der Waals surface area contributed by atoms with Crippen molar-refractivity contribution in [2.75, 3.05) is 18.6 Å². The first-order valence-corrected chi connectivity index (χ1v) is 6.77. The van der Waals surface area contributed by atoms with E-state index in [4.69, 9.17) is 0 Å². The summed E-state index contributed by atoms with van der Waals surface area (Å²) in [4.78, 5) is 24.8. The van der Waals surface area contributed by atoms with Crippen molar-refractivity contribution >= 4 is 33.5 Å². The van der Waals surface area contributed by atoms with Gasteiger partial charge < -0.3 is 9.64 Å². The fourth-order valence-corrected chi connectivity index (χ4v) is 2.60. The average Bonchev–Trinajstić information content (AvgIpc) is 2.81. The standard InChI is InChI=1S/C14H13BrFNO3/c1-3-8-4-12(18)17(7-8)11-6-9(15)5-10(13(11)16)14(19)20-2/h3,5-6,8H,1,4,7H2,2H3. The average molecular weight is 342 g/mol. The van der Waals surface area contributed by atoms with Crippen LogP contribution in [0, 0.1) is 11.7 Å². The van der Waals surface area contributed by atoms with Gasteiger partial charge in [-0.15, -0.1) is 6.58 Å². The van der Waals surface area contributed by atoms with Gasteiger partial charge in [0.2, 0.25) is 5.91 Å². The topological polar surface area (TPSA) is 46.6 Å². The van der Waals surface area contributed by atoms with Crippen molar-refractivity contribution in [1.29, 1.82) is 0 Å². The number of anilines is 1. The highest BCUT2D eigenvalue weighted by molar-refractivity contribution is 9.10. The van der Waals surface area contributed by atoms with Crippen LogP contribution >= 0.6 is 15.9 Å². The SMILES string of the molecule is C=CC1CC(=O)N(c2cc(Br)cc(C(=O)OC)c2F)C1. The minimum absolute atomic E-state index is 0.0116. The summed E-state index contributed by atoms with van der Waals surface area (Å²) in [6.07, 6.45) is 1.97. The molecule has 1 amide bonds. The summed E-state index contributed by atoms with van der Waals surface area (Å²) in [5, 5.41) is 0. The van der Waals surface area contributed by atoms with E-state index in [2.05, 4.69) is 27.2 Å². The Morgan fingerprint density at radius 1 is 1.60 bits per heavy atom. The summed E-state index contributed by atoms with van der Waals surface area (Å²) in [5.74, 6) is -1.74. The van der Waals surface area contributed by atoms with Gasteiger partial charge in [-0.3, -0.25) is 4.79 Å². The lowest BCUT2D eigenvalue weighted by Crippen LogP contribution is -2.26. The molecule has 0 radical (unpaired) electrons. The number of hydrogen-bond donors (Lipinski definition) is 0. The van der Waals surface area contributed by atoms with Crippen molar-refractivity contribution in [3.63, 3.8) is 0 Å². The molecule has 1 fully saturated rings. The van der Waals surface area contributed by atoms with E-state index in [9.17, 15) is 14.0 Å². The molecule has 1 aromatic carbocycles. The van der Waals surface area contributed by atoms with Gasteiger partial charge in [0.05, 0.1) is 18.4 Å². The van der Waals surface area contributed by atoms with E-state index < -0.39 is 11.8 Å². The highest BCUT2D eigenvalue weighted by Gasteiger charge is 2.32. The molecule has 1 aliphatic rings. The largest absolute Gasteiger partial charge is 0.465 e. The van der Waals surface area contributed by atoms with Crippen molar-refractivity contribution in [2.45, 2.75) is 6.42 Å². The maximum Gasteiger partial charge on any atom is 0.340 e. The van der Waals surface area contributed by atoms with Crippen LogP contribution in [0.5, 0.6) is 0 Å². The Labute approximate surface area is 124 Å². The second-order valence-corrected chi connectivity index (χ2v) is 5.40. The van der Waals surface area contributed by atoms with Gasteiger partial charge in [0.1, 0.15) is 0 Å². The molecular formula is C14H13BrFNO3. The zero-order chi connectivity index (χ0) is 14.9. The fraction of sp³-hybridized carbons (Fsp3) is 0.286. The first-order chi connectivity index (χ1) is 9.47. The van der Waals surface area contributed by atoms with Crippen LogP contribution in [0.15, 0.2) is 29.3 Å². The van der Waals surface area contributed by atoms with Crippen LogP contribution in [0.25, 0.3) is 0 Å². The molecule has 2 rings (SSSR count). The normalized spacial score (nSPS) is 18.2. The lowest BCUT2D eigenvalue weighted by Gasteiger charge is -2.18. The van der Waals surface area contributed by atoms with Gasteiger partial charge in [-0.2, -0.15) is 0 Å². The molecule has 1 saturated heterocycles. The number of nitrogens with zero attached hydrogens (tertiary/aromatic N) is 1. The third-order valence-corrected chi connectivity index (χ3v) is 3.66. The third-order valence-electron chi connectivity index (χ3n) is 3.20. The van der Waals surface area contributed by atoms with Crippen LogP contribution in [-0.4, -0.2) is 25.5 Å². The van der Waals surface area contributed by atoms with Gasteiger partial charge in [-0.1, -0.05) is 22.0 Å². The van der Waals surface area contributed by atoms with Crippen molar-refractivity contribution in [3.8, 4) is 0 Å². The van der Waals surface area contributed by atoms with Crippen LogP contribution in [0.1, 0.15) is 16.8 Å². The van der Waals surface area contributed by atoms with Crippen LogP contribution < -0.4 is 4.90 Å². The monoisotopic (exact) mass is 341 g/mol. The van der Waals surface area contributed by atoms with E-state index in [1.807, 2.05) is 0 Å². The highest BCUT2D eigenvalue weighted by Crippen LogP contribution is 2.32.